The lowest BCUT2D eigenvalue weighted by atomic mass is 10.0. The summed E-state index contributed by atoms with van der Waals surface area (Å²) < 4.78 is 0. The van der Waals surface area contributed by atoms with Crippen LogP contribution in [0.15, 0.2) is 11.6 Å². The molecule has 46 valence electrons. The fourth-order valence-corrected chi connectivity index (χ4v) is 1.14. The molecule has 0 aromatic heterocycles. The van der Waals surface area contributed by atoms with Crippen molar-refractivity contribution >= 4 is 0 Å². The van der Waals surface area contributed by atoms with Crippen LogP contribution in [0, 0.1) is 0 Å². The summed E-state index contributed by atoms with van der Waals surface area (Å²) in [7, 11) is 0. The number of hydrogen-bond acceptors (Lipinski definition) is 1. The molecule has 1 rings (SSSR count). The van der Waals surface area contributed by atoms with Gasteiger partial charge in [0, 0.05) is 0 Å². The van der Waals surface area contributed by atoms with Crippen LogP contribution in [0.4, 0.5) is 0 Å². The van der Waals surface area contributed by atoms with Crippen molar-refractivity contribution < 1.29 is 5.11 Å². The molecular formula is C7H12O. The Labute approximate surface area is 50.0 Å². The fourth-order valence-electron chi connectivity index (χ4n) is 1.14. The Morgan fingerprint density at radius 2 is 2.38 bits per heavy atom. The van der Waals surface area contributed by atoms with Gasteiger partial charge < -0.3 is 5.11 Å². The molecule has 0 amide bonds. The van der Waals surface area contributed by atoms with E-state index in [0.717, 1.165) is 12.8 Å². The minimum Gasteiger partial charge on any atom is -0.390 e. The van der Waals surface area contributed by atoms with Crippen LogP contribution in [-0.4, -0.2) is 10.7 Å². The van der Waals surface area contributed by atoms with Gasteiger partial charge in [-0.1, -0.05) is 11.6 Å². The first-order valence-electron chi connectivity index (χ1n) is 2.98. The Balaban J connectivity index is 2.55. The van der Waals surface area contributed by atoms with Crippen molar-refractivity contribution in [2.45, 2.75) is 32.3 Å². The average Bonchev–Trinajstić information content (AvgIpc) is 1.82. The second-order valence-corrected chi connectivity index (χ2v) is 2.93. The normalized spacial score (nSPS) is 37.6. The second-order valence-electron chi connectivity index (χ2n) is 2.93. The molecule has 1 atom stereocenters. The van der Waals surface area contributed by atoms with Gasteiger partial charge in [0.05, 0.1) is 5.60 Å². The van der Waals surface area contributed by atoms with Crippen LogP contribution >= 0.6 is 0 Å². The van der Waals surface area contributed by atoms with Crippen molar-refractivity contribution in [3.05, 3.63) is 11.6 Å². The first kappa shape index (κ1) is 5.83. The maximum Gasteiger partial charge on any atom is 0.0690 e. The molecule has 8 heavy (non-hydrogen) atoms. The predicted molar refractivity (Wildman–Crippen MR) is 33.6 cm³/mol. The van der Waals surface area contributed by atoms with Gasteiger partial charge in [-0.25, -0.2) is 0 Å². The highest BCUT2D eigenvalue weighted by Crippen LogP contribution is 2.27. The Hall–Kier alpha value is -0.300. The Morgan fingerprint density at radius 3 is 2.50 bits per heavy atom. The molecule has 1 N–H and O–H groups in total. The molecule has 1 aliphatic rings. The minimum absolute atomic E-state index is 0.427. The minimum atomic E-state index is -0.427. The largest absolute Gasteiger partial charge is 0.390 e. The van der Waals surface area contributed by atoms with E-state index in [9.17, 15) is 5.11 Å². The Morgan fingerprint density at radius 1 is 1.75 bits per heavy atom. The fraction of sp³-hybridized carbons (Fsp3) is 0.714. The third kappa shape index (κ3) is 1.10. The number of rotatable bonds is 0. The number of hydrogen-bond donors (Lipinski definition) is 1. The SMILES string of the molecule is CC1=CCC(C)(O)C1. The quantitative estimate of drug-likeness (QED) is 0.470. The van der Waals surface area contributed by atoms with Crippen LogP contribution in [0.5, 0.6) is 0 Å². The first-order valence-corrected chi connectivity index (χ1v) is 2.98. The third-order valence-corrected chi connectivity index (χ3v) is 1.55. The van der Waals surface area contributed by atoms with Crippen LogP contribution in [0.3, 0.4) is 0 Å². The Bertz CT molecular complexity index is 122. The van der Waals surface area contributed by atoms with Gasteiger partial charge in [-0.2, -0.15) is 0 Å². The zero-order valence-corrected chi connectivity index (χ0v) is 5.44. The van der Waals surface area contributed by atoms with E-state index in [-0.39, 0.29) is 0 Å². The molecule has 0 radical (unpaired) electrons. The smallest absolute Gasteiger partial charge is 0.0690 e. The average molecular weight is 112 g/mol. The summed E-state index contributed by atoms with van der Waals surface area (Å²) >= 11 is 0. The summed E-state index contributed by atoms with van der Waals surface area (Å²) in [6.07, 6.45) is 3.78. The van der Waals surface area contributed by atoms with Crippen LogP contribution in [0.2, 0.25) is 0 Å². The second kappa shape index (κ2) is 1.59. The van der Waals surface area contributed by atoms with Gasteiger partial charge in [-0.3, -0.25) is 0 Å². The van der Waals surface area contributed by atoms with Crippen molar-refractivity contribution in [3.8, 4) is 0 Å². The van der Waals surface area contributed by atoms with Crippen LogP contribution in [0.25, 0.3) is 0 Å². The van der Waals surface area contributed by atoms with E-state index in [2.05, 4.69) is 13.0 Å². The van der Waals surface area contributed by atoms with Gasteiger partial charge in [0.15, 0.2) is 0 Å². The maximum absolute atomic E-state index is 9.31. The van der Waals surface area contributed by atoms with E-state index < -0.39 is 5.60 Å². The molecule has 1 heteroatoms. The summed E-state index contributed by atoms with van der Waals surface area (Å²) in [5, 5.41) is 9.31. The maximum atomic E-state index is 9.31. The molecule has 0 heterocycles. The molecule has 1 aliphatic carbocycles. The summed E-state index contributed by atoms with van der Waals surface area (Å²) in [6, 6.07) is 0. The van der Waals surface area contributed by atoms with Gasteiger partial charge in [0.1, 0.15) is 0 Å². The highest BCUT2D eigenvalue weighted by atomic mass is 16.3. The van der Waals surface area contributed by atoms with Crippen molar-refractivity contribution in [2.75, 3.05) is 0 Å². The molecule has 1 unspecified atom stereocenters. The molecular weight excluding hydrogens is 100 g/mol. The lowest BCUT2D eigenvalue weighted by molar-refractivity contribution is 0.0728. The molecule has 1 nitrogen and oxygen atoms in total. The molecule has 0 aromatic rings. The summed E-state index contributed by atoms with van der Waals surface area (Å²) in [5.74, 6) is 0. The monoisotopic (exact) mass is 112 g/mol. The van der Waals surface area contributed by atoms with Crippen molar-refractivity contribution in [1.82, 2.24) is 0 Å². The van der Waals surface area contributed by atoms with Crippen LogP contribution in [0.1, 0.15) is 26.7 Å². The highest BCUT2D eigenvalue weighted by molar-refractivity contribution is 5.11. The predicted octanol–water partition coefficient (Wildman–Crippen LogP) is 1.48. The zero-order valence-electron chi connectivity index (χ0n) is 5.44. The van der Waals surface area contributed by atoms with E-state index in [4.69, 9.17) is 0 Å². The van der Waals surface area contributed by atoms with Gasteiger partial charge in [0.25, 0.3) is 0 Å². The highest BCUT2D eigenvalue weighted by Gasteiger charge is 2.23. The van der Waals surface area contributed by atoms with Gasteiger partial charge in [-0.05, 0) is 26.7 Å². The topological polar surface area (TPSA) is 20.2 Å². The van der Waals surface area contributed by atoms with E-state index in [1.807, 2.05) is 6.92 Å². The van der Waals surface area contributed by atoms with Gasteiger partial charge >= 0.3 is 0 Å². The molecule has 0 spiro atoms. The lowest BCUT2D eigenvalue weighted by Crippen LogP contribution is -2.18. The van der Waals surface area contributed by atoms with Crippen molar-refractivity contribution in [2.24, 2.45) is 0 Å². The van der Waals surface area contributed by atoms with E-state index in [0.29, 0.717) is 0 Å². The van der Waals surface area contributed by atoms with Gasteiger partial charge in [0.2, 0.25) is 0 Å². The zero-order chi connectivity index (χ0) is 6.20. The lowest BCUT2D eigenvalue weighted by Gasteiger charge is -2.14. The Kier molecular flexibility index (Phi) is 1.16. The summed E-state index contributed by atoms with van der Waals surface area (Å²) in [6.45, 7) is 3.93. The van der Waals surface area contributed by atoms with E-state index in [1.165, 1.54) is 5.57 Å². The van der Waals surface area contributed by atoms with Gasteiger partial charge in [-0.15, -0.1) is 0 Å². The van der Waals surface area contributed by atoms with Crippen molar-refractivity contribution in [3.63, 3.8) is 0 Å². The first-order chi connectivity index (χ1) is 3.60. The molecule has 0 saturated carbocycles. The summed E-state index contributed by atoms with van der Waals surface area (Å²) in [5.41, 5.74) is 0.888. The molecule has 0 aromatic carbocycles. The third-order valence-electron chi connectivity index (χ3n) is 1.55. The summed E-state index contributed by atoms with van der Waals surface area (Å²) in [4.78, 5) is 0. The number of aliphatic hydroxyl groups is 1. The molecule has 0 bridgehead atoms. The van der Waals surface area contributed by atoms with E-state index in [1.54, 1.807) is 0 Å². The van der Waals surface area contributed by atoms with Crippen molar-refractivity contribution in [1.29, 1.82) is 0 Å². The van der Waals surface area contributed by atoms with Crippen LogP contribution < -0.4 is 0 Å². The van der Waals surface area contributed by atoms with Crippen LogP contribution in [-0.2, 0) is 0 Å². The molecule has 0 aliphatic heterocycles. The molecule has 0 fully saturated rings. The molecule has 0 saturated heterocycles. The van der Waals surface area contributed by atoms with E-state index >= 15 is 0 Å². The standard InChI is InChI=1S/C7H12O/c1-6-3-4-7(2,8)5-6/h3,8H,4-5H2,1-2H3.